The molecule has 3 rings (SSSR count). The summed E-state index contributed by atoms with van der Waals surface area (Å²) in [6, 6.07) is 10.9. The third-order valence-electron chi connectivity index (χ3n) is 3.78. The second-order valence-corrected chi connectivity index (χ2v) is 7.47. The Labute approximate surface area is 167 Å². The molecule has 2 N–H and O–H groups in total. The fourth-order valence-electron chi connectivity index (χ4n) is 2.42. The Balaban J connectivity index is 1.69. The highest BCUT2D eigenvalue weighted by Crippen LogP contribution is 2.25. The number of nitrogens with zero attached hydrogens (tertiary/aromatic N) is 2. The van der Waals surface area contributed by atoms with Crippen LogP contribution in [0.2, 0.25) is 0 Å². The van der Waals surface area contributed by atoms with Gasteiger partial charge in [0.15, 0.2) is 5.11 Å². The van der Waals surface area contributed by atoms with Crippen LogP contribution in [-0.4, -0.2) is 26.4 Å². The molecule has 0 unspecified atom stereocenters. The highest BCUT2D eigenvalue weighted by molar-refractivity contribution is 7.80. The summed E-state index contributed by atoms with van der Waals surface area (Å²) in [7, 11) is 0. The normalized spacial score (nSPS) is 10.8. The van der Waals surface area contributed by atoms with Crippen molar-refractivity contribution in [3.63, 3.8) is 0 Å². The van der Waals surface area contributed by atoms with Gasteiger partial charge in [0.1, 0.15) is 16.8 Å². The van der Waals surface area contributed by atoms with Crippen LogP contribution in [0.25, 0.3) is 11.0 Å². The Morgan fingerprint density at radius 1 is 1.26 bits per heavy atom. The summed E-state index contributed by atoms with van der Waals surface area (Å²) in [6.45, 7) is 6.68. The number of aryl methyl sites for hydroxylation is 1. The van der Waals surface area contributed by atoms with Crippen LogP contribution in [0.15, 0.2) is 36.4 Å². The maximum absolute atomic E-state index is 12.5. The Kier molecular flexibility index (Phi) is 5.98. The van der Waals surface area contributed by atoms with E-state index < -0.39 is 0 Å². The Hall–Kier alpha value is -2.58. The van der Waals surface area contributed by atoms with Crippen LogP contribution in [0.1, 0.15) is 29.8 Å². The first-order chi connectivity index (χ1) is 12.9. The van der Waals surface area contributed by atoms with Gasteiger partial charge in [-0.15, -0.1) is 0 Å². The molecule has 1 aromatic heterocycles. The molecule has 0 fully saturated rings. The number of carbonyl (C=O) groups is 1. The molecule has 3 aromatic rings. The minimum atomic E-state index is -0.302. The number of hydrogen-bond donors (Lipinski definition) is 2. The van der Waals surface area contributed by atoms with Gasteiger partial charge in [0.25, 0.3) is 5.91 Å². The molecule has 0 aliphatic heterocycles. The van der Waals surface area contributed by atoms with E-state index in [1.807, 2.05) is 25.1 Å². The predicted octanol–water partition coefficient (Wildman–Crippen LogP) is 4.16. The molecule has 0 aliphatic carbocycles. The summed E-state index contributed by atoms with van der Waals surface area (Å²) in [6.07, 6.45) is 0. The van der Waals surface area contributed by atoms with Gasteiger partial charge >= 0.3 is 0 Å². The molecular formula is C19H20N4O2S2. The van der Waals surface area contributed by atoms with E-state index in [4.69, 9.17) is 17.0 Å². The molecule has 0 saturated carbocycles. The summed E-state index contributed by atoms with van der Waals surface area (Å²) >= 11 is 6.45. The van der Waals surface area contributed by atoms with Crippen LogP contribution < -0.4 is 15.4 Å². The molecule has 0 bridgehead atoms. The second kappa shape index (κ2) is 8.41. The van der Waals surface area contributed by atoms with Gasteiger partial charge in [-0.2, -0.15) is 8.75 Å². The fraction of sp³-hybridized carbons (Fsp3) is 0.263. The fourth-order valence-corrected chi connectivity index (χ4v) is 3.16. The summed E-state index contributed by atoms with van der Waals surface area (Å²) in [5, 5.41) is 5.97. The summed E-state index contributed by atoms with van der Waals surface area (Å²) in [5.41, 5.74) is 3.72. The summed E-state index contributed by atoms with van der Waals surface area (Å²) < 4.78 is 14.2. The van der Waals surface area contributed by atoms with Crippen molar-refractivity contribution in [3.8, 4) is 5.75 Å². The van der Waals surface area contributed by atoms with Crippen molar-refractivity contribution < 1.29 is 9.53 Å². The lowest BCUT2D eigenvalue weighted by Gasteiger charge is -2.13. The van der Waals surface area contributed by atoms with E-state index in [1.54, 1.807) is 18.2 Å². The number of ether oxygens (including phenoxy) is 1. The lowest BCUT2D eigenvalue weighted by molar-refractivity contribution is 0.0977. The van der Waals surface area contributed by atoms with E-state index in [1.165, 1.54) is 0 Å². The lowest BCUT2D eigenvalue weighted by atomic mass is 10.1. The number of carbonyl (C=O) groups excluding carboxylic acids is 1. The molecule has 1 amide bonds. The van der Waals surface area contributed by atoms with Crippen LogP contribution in [0.5, 0.6) is 5.75 Å². The highest BCUT2D eigenvalue weighted by Gasteiger charge is 2.13. The number of amides is 1. The second-order valence-electron chi connectivity index (χ2n) is 6.53. The van der Waals surface area contributed by atoms with Crippen molar-refractivity contribution in [2.45, 2.75) is 20.8 Å². The van der Waals surface area contributed by atoms with Crippen LogP contribution in [-0.2, 0) is 0 Å². The van der Waals surface area contributed by atoms with E-state index in [0.717, 1.165) is 34.0 Å². The Morgan fingerprint density at radius 3 is 2.85 bits per heavy atom. The third-order valence-corrected chi connectivity index (χ3v) is 4.53. The van der Waals surface area contributed by atoms with Gasteiger partial charge in [0.05, 0.1) is 24.0 Å². The Bertz CT molecular complexity index is 985. The number of hydrogen-bond acceptors (Lipinski definition) is 6. The quantitative estimate of drug-likeness (QED) is 0.626. The standard InChI is InChI=1S/C19H20N4O2S2/c1-11(2)10-25-14-6-4-5-13(9-14)18(24)21-19(26)20-16-12(3)7-8-15-17(16)23-27-22-15/h4-9,11H,10H2,1-3H3,(H2,20,21,24,26). The van der Waals surface area contributed by atoms with Gasteiger partial charge in [-0.25, -0.2) is 0 Å². The number of fused-ring (bicyclic) bond motifs is 1. The molecule has 6 nitrogen and oxygen atoms in total. The molecular weight excluding hydrogens is 380 g/mol. The van der Waals surface area contributed by atoms with Crippen molar-refractivity contribution >= 4 is 51.7 Å². The number of nitrogens with one attached hydrogen (secondary N) is 2. The lowest BCUT2D eigenvalue weighted by Crippen LogP contribution is -2.34. The van der Waals surface area contributed by atoms with Gasteiger partial charge in [-0.1, -0.05) is 26.0 Å². The monoisotopic (exact) mass is 400 g/mol. The van der Waals surface area contributed by atoms with E-state index in [-0.39, 0.29) is 11.0 Å². The molecule has 0 saturated heterocycles. The topological polar surface area (TPSA) is 76.1 Å². The van der Waals surface area contributed by atoms with Crippen LogP contribution in [0.4, 0.5) is 5.69 Å². The molecule has 0 aliphatic rings. The number of rotatable bonds is 5. The first kappa shape index (κ1) is 19.2. The van der Waals surface area contributed by atoms with E-state index >= 15 is 0 Å². The number of benzene rings is 2. The zero-order chi connectivity index (χ0) is 19.4. The number of thiocarbonyl (C=S) groups is 1. The molecule has 1 heterocycles. The maximum atomic E-state index is 12.5. The van der Waals surface area contributed by atoms with Crippen molar-refractivity contribution in [1.82, 2.24) is 14.1 Å². The highest BCUT2D eigenvalue weighted by atomic mass is 32.1. The van der Waals surface area contributed by atoms with E-state index in [0.29, 0.717) is 23.8 Å². The van der Waals surface area contributed by atoms with E-state index in [2.05, 4.69) is 33.2 Å². The van der Waals surface area contributed by atoms with E-state index in [9.17, 15) is 4.79 Å². The summed E-state index contributed by atoms with van der Waals surface area (Å²) in [4.78, 5) is 12.5. The van der Waals surface area contributed by atoms with Crippen molar-refractivity contribution in [1.29, 1.82) is 0 Å². The van der Waals surface area contributed by atoms with Gasteiger partial charge in [-0.3, -0.25) is 10.1 Å². The largest absolute Gasteiger partial charge is 0.493 e. The molecule has 8 heteroatoms. The molecule has 27 heavy (non-hydrogen) atoms. The smallest absolute Gasteiger partial charge is 0.257 e. The minimum absolute atomic E-state index is 0.206. The zero-order valence-electron chi connectivity index (χ0n) is 15.3. The first-order valence-corrected chi connectivity index (χ1v) is 9.65. The molecule has 140 valence electrons. The van der Waals surface area contributed by atoms with Gasteiger partial charge in [-0.05, 0) is 54.9 Å². The van der Waals surface area contributed by atoms with Crippen molar-refractivity contribution in [3.05, 3.63) is 47.5 Å². The predicted molar refractivity (Wildman–Crippen MR) is 113 cm³/mol. The maximum Gasteiger partial charge on any atom is 0.257 e. The molecule has 0 radical (unpaired) electrons. The SMILES string of the molecule is Cc1ccc2nsnc2c1NC(=S)NC(=O)c1cccc(OCC(C)C)c1. The Morgan fingerprint density at radius 2 is 2.07 bits per heavy atom. The third kappa shape index (κ3) is 4.78. The van der Waals surface area contributed by atoms with Gasteiger partial charge < -0.3 is 10.1 Å². The molecule has 0 atom stereocenters. The molecule has 0 spiro atoms. The van der Waals surface area contributed by atoms with Crippen molar-refractivity contribution in [2.24, 2.45) is 5.92 Å². The summed E-state index contributed by atoms with van der Waals surface area (Å²) in [5.74, 6) is 0.763. The number of aromatic nitrogens is 2. The average Bonchev–Trinajstić information content (AvgIpc) is 3.11. The number of anilines is 1. The van der Waals surface area contributed by atoms with Crippen LogP contribution >= 0.6 is 23.9 Å². The van der Waals surface area contributed by atoms with Crippen LogP contribution in [0.3, 0.4) is 0 Å². The average molecular weight is 401 g/mol. The molecule has 2 aromatic carbocycles. The van der Waals surface area contributed by atoms with Crippen molar-refractivity contribution in [2.75, 3.05) is 11.9 Å². The van der Waals surface area contributed by atoms with Crippen LogP contribution in [0, 0.1) is 12.8 Å². The van der Waals surface area contributed by atoms with Gasteiger partial charge in [0.2, 0.25) is 0 Å². The first-order valence-electron chi connectivity index (χ1n) is 8.51. The minimum Gasteiger partial charge on any atom is -0.493 e. The zero-order valence-corrected chi connectivity index (χ0v) is 16.9. The van der Waals surface area contributed by atoms with Gasteiger partial charge in [0, 0.05) is 5.56 Å².